The summed E-state index contributed by atoms with van der Waals surface area (Å²) in [7, 11) is 0. The molecule has 1 rings (SSSR count). The zero-order valence-corrected chi connectivity index (χ0v) is 7.32. The molecule has 0 bridgehead atoms. The quantitative estimate of drug-likeness (QED) is 0.732. The third-order valence-corrected chi connectivity index (χ3v) is 1.63. The van der Waals surface area contributed by atoms with Gasteiger partial charge in [-0.15, -0.1) is 5.10 Å². The largest absolute Gasteiger partial charge is 0.460 e. The van der Waals surface area contributed by atoms with Gasteiger partial charge < -0.3 is 0 Å². The zero-order valence-electron chi connectivity index (χ0n) is 7.32. The summed E-state index contributed by atoms with van der Waals surface area (Å²) in [5.41, 5.74) is -2.00. The zero-order chi connectivity index (χ0) is 11.9. The Balaban J connectivity index is 3.22. The van der Waals surface area contributed by atoms with Crippen molar-refractivity contribution in [1.29, 1.82) is 0 Å². The molecule has 0 atom stereocenters. The molecule has 0 amide bonds. The van der Waals surface area contributed by atoms with Gasteiger partial charge in [-0.1, -0.05) is 5.21 Å². The first-order valence-corrected chi connectivity index (χ1v) is 3.75. The molecule has 15 heavy (non-hydrogen) atoms. The first kappa shape index (κ1) is 11.8. The van der Waals surface area contributed by atoms with Crippen LogP contribution in [0.25, 0.3) is 0 Å². The van der Waals surface area contributed by atoms with Gasteiger partial charge in [-0.2, -0.15) is 26.3 Å². The maximum atomic E-state index is 12.9. The number of halogens is 6. The van der Waals surface area contributed by atoms with Crippen molar-refractivity contribution < 1.29 is 26.3 Å². The van der Waals surface area contributed by atoms with E-state index >= 15 is 0 Å². The van der Waals surface area contributed by atoms with Crippen LogP contribution in [-0.2, 0) is 12.5 Å². The predicted molar refractivity (Wildman–Crippen MR) is 35.6 cm³/mol. The van der Waals surface area contributed by atoms with Crippen LogP contribution in [0.15, 0.2) is 0 Å². The Morgan fingerprint density at radius 1 is 1.20 bits per heavy atom. The third-order valence-electron chi connectivity index (χ3n) is 1.63. The minimum atomic E-state index is -5.89. The Morgan fingerprint density at radius 3 is 2.07 bits per heavy atom. The van der Waals surface area contributed by atoms with E-state index in [2.05, 4.69) is 10.3 Å². The molecule has 0 fully saturated rings. The van der Waals surface area contributed by atoms with E-state index in [1.807, 2.05) is 0 Å². The third kappa shape index (κ3) is 1.77. The van der Waals surface area contributed by atoms with Crippen LogP contribution in [0.3, 0.4) is 0 Å². The molecule has 0 spiro atoms. The lowest BCUT2D eigenvalue weighted by Crippen LogP contribution is -2.35. The Kier molecular flexibility index (Phi) is 2.66. The van der Waals surface area contributed by atoms with Gasteiger partial charge in [-0.3, -0.25) is 0 Å². The topological polar surface area (TPSA) is 30.7 Å². The second-order valence-electron chi connectivity index (χ2n) is 2.62. The van der Waals surface area contributed by atoms with E-state index < -0.39 is 23.7 Å². The van der Waals surface area contributed by atoms with Crippen molar-refractivity contribution in [2.24, 2.45) is 0 Å². The fourth-order valence-corrected chi connectivity index (χ4v) is 0.830. The molecule has 0 aromatic carbocycles. The molecular formula is C6H5F6N3. The van der Waals surface area contributed by atoms with E-state index in [-0.39, 0.29) is 6.54 Å². The van der Waals surface area contributed by atoms with Crippen molar-refractivity contribution in [1.82, 2.24) is 15.0 Å². The van der Waals surface area contributed by atoms with Crippen molar-refractivity contribution in [3.8, 4) is 0 Å². The second kappa shape index (κ2) is 3.38. The van der Waals surface area contributed by atoms with E-state index in [4.69, 9.17) is 0 Å². The molecule has 3 nitrogen and oxygen atoms in total. The molecule has 0 aliphatic carbocycles. The lowest BCUT2D eigenvalue weighted by atomic mass is 10.2. The monoisotopic (exact) mass is 233 g/mol. The van der Waals surface area contributed by atoms with Gasteiger partial charge >= 0.3 is 12.1 Å². The Labute approximate surface area is 79.7 Å². The fourth-order valence-electron chi connectivity index (χ4n) is 0.830. The van der Waals surface area contributed by atoms with E-state index in [0.717, 1.165) is 0 Å². The Bertz CT molecular complexity index is 354. The summed E-state index contributed by atoms with van der Waals surface area (Å²) in [6.45, 7) is 1.14. The van der Waals surface area contributed by atoms with Crippen molar-refractivity contribution in [3.63, 3.8) is 0 Å². The van der Waals surface area contributed by atoms with E-state index in [9.17, 15) is 26.3 Å². The lowest BCUT2D eigenvalue weighted by molar-refractivity contribution is -0.292. The molecule has 0 unspecified atom stereocenters. The van der Waals surface area contributed by atoms with Gasteiger partial charge in [-0.05, 0) is 6.92 Å². The maximum absolute atomic E-state index is 12.9. The van der Waals surface area contributed by atoms with Crippen molar-refractivity contribution in [3.05, 3.63) is 11.6 Å². The van der Waals surface area contributed by atoms with Gasteiger partial charge in [0.05, 0.1) is 0 Å². The predicted octanol–water partition coefficient (Wildman–Crippen LogP) is 2.09. The average molecular weight is 233 g/mol. The number of aryl methyl sites for hydroxylation is 1. The summed E-state index contributed by atoms with van der Waals surface area (Å²) in [4.78, 5) is 0. The van der Waals surface area contributed by atoms with Gasteiger partial charge in [0.15, 0.2) is 5.69 Å². The highest BCUT2D eigenvalue weighted by Gasteiger charge is 2.62. The minimum absolute atomic E-state index is 0.188. The van der Waals surface area contributed by atoms with Gasteiger partial charge in [-0.25, -0.2) is 4.68 Å². The second-order valence-corrected chi connectivity index (χ2v) is 2.62. The molecule has 1 aromatic heterocycles. The van der Waals surface area contributed by atoms with Gasteiger partial charge in [0.1, 0.15) is 0 Å². The van der Waals surface area contributed by atoms with Gasteiger partial charge in [0, 0.05) is 6.54 Å². The van der Waals surface area contributed by atoms with Crippen molar-refractivity contribution in [2.45, 2.75) is 25.6 Å². The van der Waals surface area contributed by atoms with Crippen molar-refractivity contribution in [2.75, 3.05) is 0 Å². The highest BCUT2D eigenvalue weighted by molar-refractivity contribution is 5.08. The van der Waals surface area contributed by atoms with Crippen molar-refractivity contribution >= 4 is 0 Å². The van der Waals surface area contributed by atoms with Crippen LogP contribution in [0.1, 0.15) is 12.6 Å². The molecule has 0 saturated heterocycles. The highest BCUT2D eigenvalue weighted by atomic mass is 19.4. The molecule has 0 radical (unpaired) electrons. The van der Waals surface area contributed by atoms with E-state index in [1.165, 1.54) is 6.92 Å². The van der Waals surface area contributed by atoms with Crippen LogP contribution in [0.2, 0.25) is 0 Å². The number of rotatable bonds is 2. The number of aromatic nitrogens is 3. The molecule has 0 saturated carbocycles. The van der Waals surface area contributed by atoms with Gasteiger partial charge in [0.25, 0.3) is 0 Å². The number of alkyl halides is 5. The SMILES string of the molecule is CCn1nnc(C(F)(F)C(F)(F)F)c1F. The Morgan fingerprint density at radius 2 is 1.73 bits per heavy atom. The Hall–Kier alpha value is -1.28. The standard InChI is InChI=1S/C6H5F6N3/c1-2-15-4(7)3(13-14-15)5(8,9)6(10,11)12/h2H2,1H3. The molecule has 1 heterocycles. The number of hydrogen-bond donors (Lipinski definition) is 0. The summed E-state index contributed by atoms with van der Waals surface area (Å²) >= 11 is 0. The van der Waals surface area contributed by atoms with Crippen LogP contribution in [0.4, 0.5) is 26.3 Å². The van der Waals surface area contributed by atoms with E-state index in [0.29, 0.717) is 4.68 Å². The lowest BCUT2D eigenvalue weighted by Gasteiger charge is -2.16. The van der Waals surface area contributed by atoms with Gasteiger partial charge in [0.2, 0.25) is 5.95 Å². The van der Waals surface area contributed by atoms with Crippen LogP contribution >= 0.6 is 0 Å². The molecule has 86 valence electrons. The molecule has 9 heteroatoms. The number of nitrogens with zero attached hydrogens (tertiary/aromatic N) is 3. The molecular weight excluding hydrogens is 228 g/mol. The van der Waals surface area contributed by atoms with Crippen LogP contribution in [0.5, 0.6) is 0 Å². The normalized spacial score (nSPS) is 13.3. The summed E-state index contributed by atoms with van der Waals surface area (Å²) < 4.78 is 73.9. The molecule has 1 aromatic rings. The van der Waals surface area contributed by atoms with Crippen LogP contribution in [0, 0.1) is 5.95 Å². The smallest absolute Gasteiger partial charge is 0.219 e. The summed E-state index contributed by atoms with van der Waals surface area (Å²) in [5, 5.41) is 5.32. The molecule has 0 N–H and O–H groups in total. The van der Waals surface area contributed by atoms with Crippen LogP contribution < -0.4 is 0 Å². The first-order chi connectivity index (χ1) is 6.71. The first-order valence-electron chi connectivity index (χ1n) is 3.75. The fraction of sp³-hybridized carbons (Fsp3) is 0.667. The average Bonchev–Trinajstić information content (AvgIpc) is 2.44. The highest BCUT2D eigenvalue weighted by Crippen LogP contribution is 2.43. The summed E-state index contributed by atoms with van der Waals surface area (Å²) in [6, 6.07) is 0. The maximum Gasteiger partial charge on any atom is 0.460 e. The summed E-state index contributed by atoms with van der Waals surface area (Å²) in [5.74, 6) is -7.11. The minimum Gasteiger partial charge on any atom is -0.219 e. The molecule has 0 aliphatic rings. The van der Waals surface area contributed by atoms with Crippen LogP contribution in [-0.4, -0.2) is 21.2 Å². The number of hydrogen-bond acceptors (Lipinski definition) is 2. The van der Waals surface area contributed by atoms with E-state index in [1.54, 1.807) is 0 Å². The molecule has 0 aliphatic heterocycles. The summed E-state index contributed by atoms with van der Waals surface area (Å²) in [6.07, 6.45) is -5.89.